The number of rotatable bonds is 3. The van der Waals surface area contributed by atoms with E-state index in [0.29, 0.717) is 6.54 Å². The first-order chi connectivity index (χ1) is 7.98. The van der Waals surface area contributed by atoms with Crippen molar-refractivity contribution in [3.05, 3.63) is 42.2 Å². The lowest BCUT2D eigenvalue weighted by atomic mass is 10.1. The van der Waals surface area contributed by atoms with E-state index in [1.54, 1.807) is 19.4 Å². The molecular formula is C12H14N2O2S. The van der Waals surface area contributed by atoms with Gasteiger partial charge in [0.25, 0.3) is 0 Å². The molecule has 0 aliphatic rings. The molecule has 90 valence electrons. The van der Waals surface area contributed by atoms with E-state index in [0.717, 1.165) is 16.3 Å². The topological polar surface area (TPSA) is 50.3 Å². The van der Waals surface area contributed by atoms with Gasteiger partial charge < -0.3 is 0 Å². The number of benzene rings is 1. The summed E-state index contributed by atoms with van der Waals surface area (Å²) in [6.45, 7) is 0.375. The minimum Gasteiger partial charge on any atom is -0.264 e. The third-order valence-corrected chi connectivity index (χ3v) is 3.99. The molecule has 2 rings (SSSR count). The van der Waals surface area contributed by atoms with E-state index < -0.39 is 10.0 Å². The van der Waals surface area contributed by atoms with Crippen molar-refractivity contribution >= 4 is 20.8 Å². The lowest BCUT2D eigenvalue weighted by Gasteiger charge is -2.15. The van der Waals surface area contributed by atoms with Crippen molar-refractivity contribution in [1.82, 2.24) is 9.29 Å². The van der Waals surface area contributed by atoms with Gasteiger partial charge in [0, 0.05) is 31.4 Å². The van der Waals surface area contributed by atoms with Crippen molar-refractivity contribution in [3.63, 3.8) is 0 Å². The van der Waals surface area contributed by atoms with Gasteiger partial charge in [-0.2, -0.15) is 0 Å². The number of sulfonamides is 1. The largest absolute Gasteiger partial charge is 0.264 e. The molecule has 0 fully saturated rings. The van der Waals surface area contributed by atoms with Crippen LogP contribution in [0.15, 0.2) is 36.7 Å². The van der Waals surface area contributed by atoms with E-state index >= 15 is 0 Å². The highest BCUT2D eigenvalue weighted by Crippen LogP contribution is 2.19. The summed E-state index contributed by atoms with van der Waals surface area (Å²) in [5, 5.41) is 2.06. The average Bonchev–Trinajstić information content (AvgIpc) is 2.28. The van der Waals surface area contributed by atoms with Crippen LogP contribution in [0, 0.1) is 0 Å². The second-order valence-corrected chi connectivity index (χ2v) is 6.12. The Morgan fingerprint density at radius 2 is 2.06 bits per heavy atom. The fourth-order valence-corrected chi connectivity index (χ4v) is 2.06. The highest BCUT2D eigenvalue weighted by Gasteiger charge is 2.12. The van der Waals surface area contributed by atoms with Crippen LogP contribution >= 0.6 is 0 Å². The molecule has 0 radical (unpaired) electrons. The number of nitrogens with zero attached hydrogens (tertiary/aromatic N) is 2. The lowest BCUT2D eigenvalue weighted by Crippen LogP contribution is -2.24. The van der Waals surface area contributed by atoms with Crippen LogP contribution in [0.1, 0.15) is 5.56 Å². The minimum atomic E-state index is -3.15. The molecule has 0 unspecified atom stereocenters. The van der Waals surface area contributed by atoms with Crippen molar-refractivity contribution in [1.29, 1.82) is 0 Å². The van der Waals surface area contributed by atoms with Crippen molar-refractivity contribution in [2.75, 3.05) is 13.3 Å². The fourth-order valence-electron chi connectivity index (χ4n) is 1.68. The first-order valence-corrected chi connectivity index (χ1v) is 7.06. The monoisotopic (exact) mass is 250 g/mol. The van der Waals surface area contributed by atoms with Gasteiger partial charge in [0.15, 0.2) is 0 Å². The van der Waals surface area contributed by atoms with Crippen molar-refractivity contribution in [2.45, 2.75) is 6.54 Å². The lowest BCUT2D eigenvalue weighted by molar-refractivity contribution is 0.473. The maximum atomic E-state index is 11.4. The van der Waals surface area contributed by atoms with E-state index in [1.807, 2.05) is 24.3 Å². The van der Waals surface area contributed by atoms with E-state index in [9.17, 15) is 8.42 Å². The van der Waals surface area contributed by atoms with E-state index in [2.05, 4.69) is 4.98 Å². The average molecular weight is 250 g/mol. The Morgan fingerprint density at radius 1 is 1.29 bits per heavy atom. The number of pyridine rings is 1. The predicted octanol–water partition coefficient (Wildman–Crippen LogP) is 1.63. The molecule has 0 saturated carbocycles. The molecule has 4 nitrogen and oxygen atoms in total. The van der Waals surface area contributed by atoms with Gasteiger partial charge in [-0.1, -0.05) is 18.2 Å². The van der Waals surface area contributed by atoms with Crippen molar-refractivity contribution < 1.29 is 8.42 Å². The highest BCUT2D eigenvalue weighted by atomic mass is 32.2. The normalized spacial score (nSPS) is 12.2. The molecule has 1 aromatic heterocycles. The molecule has 0 bridgehead atoms. The summed E-state index contributed by atoms with van der Waals surface area (Å²) in [6, 6.07) is 7.71. The Labute approximate surface area is 101 Å². The van der Waals surface area contributed by atoms with Crippen LogP contribution in [0.5, 0.6) is 0 Å². The molecule has 0 saturated heterocycles. The van der Waals surface area contributed by atoms with E-state index in [1.165, 1.54) is 10.6 Å². The van der Waals surface area contributed by atoms with Crippen LogP contribution in [-0.2, 0) is 16.6 Å². The van der Waals surface area contributed by atoms with Gasteiger partial charge >= 0.3 is 0 Å². The molecule has 5 heteroatoms. The molecule has 0 atom stereocenters. The molecule has 0 spiro atoms. The summed E-state index contributed by atoms with van der Waals surface area (Å²) < 4.78 is 24.1. The summed E-state index contributed by atoms with van der Waals surface area (Å²) in [6.07, 6.45) is 4.70. The zero-order chi connectivity index (χ0) is 12.5. The maximum absolute atomic E-state index is 11.4. The third kappa shape index (κ3) is 2.62. The van der Waals surface area contributed by atoms with Gasteiger partial charge in [0.1, 0.15) is 0 Å². The Balaban J connectivity index is 2.43. The Morgan fingerprint density at radius 3 is 2.76 bits per heavy atom. The van der Waals surface area contributed by atoms with E-state index in [4.69, 9.17) is 0 Å². The van der Waals surface area contributed by atoms with Gasteiger partial charge in [-0.05, 0) is 17.0 Å². The molecule has 0 aliphatic heterocycles. The van der Waals surface area contributed by atoms with Gasteiger partial charge in [-0.25, -0.2) is 12.7 Å². The first-order valence-electron chi connectivity index (χ1n) is 5.21. The molecule has 2 aromatic rings. The van der Waals surface area contributed by atoms with E-state index in [-0.39, 0.29) is 0 Å². The number of hydrogen-bond donors (Lipinski definition) is 0. The van der Waals surface area contributed by atoms with Crippen LogP contribution in [0.25, 0.3) is 10.8 Å². The Hall–Kier alpha value is -1.46. The summed E-state index contributed by atoms with van der Waals surface area (Å²) in [7, 11) is -1.57. The molecule has 1 heterocycles. The third-order valence-electron chi connectivity index (χ3n) is 2.73. The zero-order valence-corrected chi connectivity index (χ0v) is 10.6. The van der Waals surface area contributed by atoms with Crippen LogP contribution in [0.3, 0.4) is 0 Å². The fraction of sp³-hybridized carbons (Fsp3) is 0.250. The van der Waals surface area contributed by atoms with Gasteiger partial charge in [-0.3, -0.25) is 4.98 Å². The van der Waals surface area contributed by atoms with Crippen molar-refractivity contribution in [3.8, 4) is 0 Å². The second-order valence-electron chi connectivity index (χ2n) is 4.03. The van der Waals surface area contributed by atoms with Gasteiger partial charge in [0.05, 0.1) is 6.26 Å². The Bertz CT molecular complexity index is 633. The van der Waals surface area contributed by atoms with Crippen LogP contribution in [0.4, 0.5) is 0 Å². The minimum absolute atomic E-state index is 0.375. The number of hydrogen-bond acceptors (Lipinski definition) is 3. The zero-order valence-electron chi connectivity index (χ0n) is 9.79. The van der Waals surface area contributed by atoms with Crippen molar-refractivity contribution in [2.24, 2.45) is 0 Å². The summed E-state index contributed by atoms with van der Waals surface area (Å²) >= 11 is 0. The molecular weight excluding hydrogens is 236 g/mol. The predicted molar refractivity (Wildman–Crippen MR) is 68.1 cm³/mol. The quantitative estimate of drug-likeness (QED) is 0.832. The SMILES string of the molecule is CN(Cc1cccc2cnccc12)S(C)(=O)=O. The molecule has 0 aliphatic carbocycles. The number of aromatic nitrogens is 1. The molecule has 0 amide bonds. The van der Waals surface area contributed by atoms with Gasteiger partial charge in [0.2, 0.25) is 10.0 Å². The Kier molecular flexibility index (Phi) is 3.13. The smallest absolute Gasteiger partial charge is 0.211 e. The van der Waals surface area contributed by atoms with Crippen LogP contribution in [-0.4, -0.2) is 31.0 Å². The molecule has 0 N–H and O–H groups in total. The summed E-state index contributed by atoms with van der Waals surface area (Å²) in [4.78, 5) is 4.05. The van der Waals surface area contributed by atoms with Crippen LogP contribution < -0.4 is 0 Å². The summed E-state index contributed by atoms with van der Waals surface area (Å²) in [5.41, 5.74) is 0.984. The first kappa shape index (κ1) is 12.0. The highest BCUT2D eigenvalue weighted by molar-refractivity contribution is 7.88. The second kappa shape index (κ2) is 4.43. The van der Waals surface area contributed by atoms with Gasteiger partial charge in [-0.15, -0.1) is 0 Å². The summed E-state index contributed by atoms with van der Waals surface area (Å²) in [5.74, 6) is 0. The molecule has 17 heavy (non-hydrogen) atoms. The standard InChI is InChI=1S/C12H14N2O2S/c1-14(17(2,15)16)9-11-5-3-4-10-8-13-7-6-12(10)11/h3-8H,9H2,1-2H3. The molecule has 1 aromatic carbocycles. The van der Waals surface area contributed by atoms with Crippen LogP contribution in [0.2, 0.25) is 0 Å². The maximum Gasteiger partial charge on any atom is 0.211 e. The number of fused-ring (bicyclic) bond motifs is 1.